The van der Waals surface area contributed by atoms with Crippen LogP contribution in [0.1, 0.15) is 39.2 Å². The van der Waals surface area contributed by atoms with Gasteiger partial charge in [-0.25, -0.2) is 0 Å². The van der Waals surface area contributed by atoms with E-state index in [1.165, 1.54) is 24.0 Å². The lowest BCUT2D eigenvalue weighted by atomic mass is 10.00. The second-order valence-corrected chi connectivity index (χ2v) is 5.00. The molecule has 94 valence electrons. The molecular weight excluding hydrogens is 206 g/mol. The first-order chi connectivity index (χ1) is 8.13. The fourth-order valence-corrected chi connectivity index (χ4v) is 1.93. The summed E-state index contributed by atoms with van der Waals surface area (Å²) in [6.45, 7) is 11.8. The van der Waals surface area contributed by atoms with E-state index in [1.54, 1.807) is 0 Å². The summed E-state index contributed by atoms with van der Waals surface area (Å²) in [4.78, 5) is 0. The Labute approximate surface area is 106 Å². The lowest BCUT2D eigenvalue weighted by Crippen LogP contribution is -2.29. The molecule has 1 N–H and O–H groups in total. The second-order valence-electron chi connectivity index (χ2n) is 5.00. The van der Waals surface area contributed by atoms with Gasteiger partial charge in [-0.1, -0.05) is 57.2 Å². The normalized spacial score (nSPS) is 14.3. The lowest BCUT2D eigenvalue weighted by molar-refractivity contribution is 0.425. The number of hydrogen-bond donors (Lipinski definition) is 1. The van der Waals surface area contributed by atoms with Gasteiger partial charge in [0.05, 0.1) is 0 Å². The molecule has 0 spiro atoms. The molecule has 2 atom stereocenters. The molecule has 0 bridgehead atoms. The van der Waals surface area contributed by atoms with Gasteiger partial charge in [0.15, 0.2) is 0 Å². The van der Waals surface area contributed by atoms with Crippen LogP contribution in [0, 0.1) is 5.92 Å². The Kier molecular flexibility index (Phi) is 5.99. The van der Waals surface area contributed by atoms with E-state index in [0.29, 0.717) is 6.04 Å². The lowest BCUT2D eigenvalue weighted by Gasteiger charge is -2.18. The van der Waals surface area contributed by atoms with Crippen LogP contribution in [0.25, 0.3) is 5.57 Å². The summed E-state index contributed by atoms with van der Waals surface area (Å²) in [6, 6.07) is 10.9. The zero-order valence-corrected chi connectivity index (χ0v) is 11.4. The summed E-state index contributed by atoms with van der Waals surface area (Å²) in [5.41, 5.74) is 2.40. The van der Waals surface area contributed by atoms with Crippen molar-refractivity contribution in [3.05, 3.63) is 42.5 Å². The van der Waals surface area contributed by atoms with E-state index in [2.05, 4.69) is 56.9 Å². The highest BCUT2D eigenvalue weighted by Crippen LogP contribution is 2.12. The molecule has 0 saturated heterocycles. The van der Waals surface area contributed by atoms with E-state index < -0.39 is 0 Å². The Morgan fingerprint density at radius 1 is 1.24 bits per heavy atom. The summed E-state index contributed by atoms with van der Waals surface area (Å²) in [7, 11) is 0. The minimum Gasteiger partial charge on any atom is -0.310 e. The van der Waals surface area contributed by atoms with E-state index in [4.69, 9.17) is 0 Å². The molecule has 1 aromatic carbocycles. The molecule has 0 aliphatic rings. The van der Waals surface area contributed by atoms with Gasteiger partial charge in [-0.15, -0.1) is 0 Å². The van der Waals surface area contributed by atoms with Crippen molar-refractivity contribution in [3.8, 4) is 0 Å². The highest BCUT2D eigenvalue weighted by molar-refractivity contribution is 5.64. The Bertz CT molecular complexity index is 329. The number of rotatable bonds is 7. The highest BCUT2D eigenvalue weighted by atomic mass is 14.9. The van der Waals surface area contributed by atoms with Crippen molar-refractivity contribution < 1.29 is 0 Å². The third-order valence-corrected chi connectivity index (χ3v) is 3.30. The molecule has 1 nitrogen and oxygen atoms in total. The minimum absolute atomic E-state index is 0.561. The van der Waals surface area contributed by atoms with Gasteiger partial charge in [0.1, 0.15) is 0 Å². The van der Waals surface area contributed by atoms with Crippen LogP contribution in [0.5, 0.6) is 0 Å². The zero-order chi connectivity index (χ0) is 12.7. The topological polar surface area (TPSA) is 12.0 Å². The average molecular weight is 231 g/mol. The Morgan fingerprint density at radius 3 is 2.47 bits per heavy atom. The molecular formula is C16H25N. The van der Waals surface area contributed by atoms with Crippen LogP contribution in [0.3, 0.4) is 0 Å². The molecule has 17 heavy (non-hydrogen) atoms. The summed E-state index contributed by atoms with van der Waals surface area (Å²) in [5, 5.41) is 3.55. The van der Waals surface area contributed by atoms with Crippen molar-refractivity contribution in [2.75, 3.05) is 6.54 Å². The summed E-state index contributed by atoms with van der Waals surface area (Å²) in [5.74, 6) is 0.794. The first kappa shape index (κ1) is 14.0. The monoisotopic (exact) mass is 231 g/mol. The van der Waals surface area contributed by atoms with Crippen molar-refractivity contribution in [1.82, 2.24) is 5.32 Å². The van der Waals surface area contributed by atoms with Crippen LogP contribution < -0.4 is 5.32 Å². The van der Waals surface area contributed by atoms with Gasteiger partial charge in [0.25, 0.3) is 0 Å². The number of hydrogen-bond acceptors (Lipinski definition) is 1. The molecule has 0 aromatic heterocycles. The van der Waals surface area contributed by atoms with Crippen molar-refractivity contribution >= 4 is 5.57 Å². The first-order valence-corrected chi connectivity index (χ1v) is 6.60. The van der Waals surface area contributed by atoms with Crippen molar-refractivity contribution in [2.45, 2.75) is 39.7 Å². The predicted molar refractivity (Wildman–Crippen MR) is 77.0 cm³/mol. The van der Waals surface area contributed by atoms with Crippen molar-refractivity contribution in [2.24, 2.45) is 5.92 Å². The maximum absolute atomic E-state index is 4.13. The van der Waals surface area contributed by atoms with E-state index in [-0.39, 0.29) is 0 Å². The molecule has 0 heterocycles. The molecule has 0 aliphatic heterocycles. The molecule has 1 rings (SSSR count). The standard InChI is InChI=1S/C16H25N/c1-5-13(2)11-15(4)17-12-14(3)16-9-7-6-8-10-16/h6-10,13,15,17H,3,5,11-12H2,1-2,4H3. The molecule has 2 unspecified atom stereocenters. The molecule has 1 aromatic rings. The Hall–Kier alpha value is -1.08. The van der Waals surface area contributed by atoms with Crippen LogP contribution in [-0.2, 0) is 0 Å². The third kappa shape index (κ3) is 5.18. The SMILES string of the molecule is C=C(CNC(C)CC(C)CC)c1ccccc1. The number of benzene rings is 1. The van der Waals surface area contributed by atoms with Crippen LogP contribution in [0.4, 0.5) is 0 Å². The zero-order valence-electron chi connectivity index (χ0n) is 11.4. The van der Waals surface area contributed by atoms with Crippen LogP contribution in [-0.4, -0.2) is 12.6 Å². The number of nitrogens with one attached hydrogen (secondary N) is 1. The largest absolute Gasteiger partial charge is 0.310 e. The van der Waals surface area contributed by atoms with Gasteiger partial charge in [0, 0.05) is 12.6 Å². The van der Waals surface area contributed by atoms with Crippen LogP contribution in [0.2, 0.25) is 0 Å². The van der Waals surface area contributed by atoms with Gasteiger partial charge < -0.3 is 5.32 Å². The van der Waals surface area contributed by atoms with Gasteiger partial charge in [-0.2, -0.15) is 0 Å². The van der Waals surface area contributed by atoms with Crippen molar-refractivity contribution in [3.63, 3.8) is 0 Å². The summed E-state index contributed by atoms with van der Waals surface area (Å²) < 4.78 is 0. The first-order valence-electron chi connectivity index (χ1n) is 6.60. The minimum atomic E-state index is 0.561. The Balaban J connectivity index is 2.33. The smallest absolute Gasteiger partial charge is 0.0208 e. The van der Waals surface area contributed by atoms with E-state index >= 15 is 0 Å². The van der Waals surface area contributed by atoms with Gasteiger partial charge in [-0.3, -0.25) is 0 Å². The van der Waals surface area contributed by atoms with Gasteiger partial charge in [-0.05, 0) is 30.4 Å². The van der Waals surface area contributed by atoms with E-state index in [0.717, 1.165) is 12.5 Å². The van der Waals surface area contributed by atoms with E-state index in [1.807, 2.05) is 6.07 Å². The molecule has 0 aliphatic carbocycles. The fourth-order valence-electron chi connectivity index (χ4n) is 1.93. The Morgan fingerprint density at radius 2 is 1.88 bits per heavy atom. The third-order valence-electron chi connectivity index (χ3n) is 3.30. The summed E-state index contributed by atoms with van der Waals surface area (Å²) in [6.07, 6.45) is 2.49. The van der Waals surface area contributed by atoms with Crippen LogP contribution >= 0.6 is 0 Å². The molecule has 0 fully saturated rings. The maximum Gasteiger partial charge on any atom is 0.0208 e. The quantitative estimate of drug-likeness (QED) is 0.744. The average Bonchev–Trinajstić information content (AvgIpc) is 2.36. The molecule has 0 radical (unpaired) electrons. The van der Waals surface area contributed by atoms with Gasteiger partial charge in [0.2, 0.25) is 0 Å². The molecule has 0 amide bonds. The highest BCUT2D eigenvalue weighted by Gasteiger charge is 2.07. The molecule has 1 heteroatoms. The summed E-state index contributed by atoms with van der Waals surface area (Å²) >= 11 is 0. The second kappa shape index (κ2) is 7.29. The van der Waals surface area contributed by atoms with Gasteiger partial charge >= 0.3 is 0 Å². The molecule has 0 saturated carbocycles. The van der Waals surface area contributed by atoms with Crippen LogP contribution in [0.15, 0.2) is 36.9 Å². The fraction of sp³-hybridized carbons (Fsp3) is 0.500. The maximum atomic E-state index is 4.13. The van der Waals surface area contributed by atoms with Crippen molar-refractivity contribution in [1.29, 1.82) is 0 Å². The predicted octanol–water partition coefficient (Wildman–Crippen LogP) is 4.11. The van der Waals surface area contributed by atoms with E-state index in [9.17, 15) is 0 Å².